The molecule has 0 bridgehead atoms. The Kier molecular flexibility index (Phi) is 9.20. The fourth-order valence-electron chi connectivity index (χ4n) is 4.15. The van der Waals surface area contributed by atoms with E-state index in [1.807, 2.05) is 13.8 Å². The lowest BCUT2D eigenvalue weighted by molar-refractivity contribution is -0.129. The van der Waals surface area contributed by atoms with Crippen LogP contribution in [-0.2, 0) is 14.3 Å². The van der Waals surface area contributed by atoms with Gasteiger partial charge in [0.05, 0.1) is 12.1 Å². The Morgan fingerprint density at radius 1 is 1.25 bits per heavy atom. The summed E-state index contributed by atoms with van der Waals surface area (Å²) < 4.78 is 5.28. The third-order valence-corrected chi connectivity index (χ3v) is 6.08. The molecule has 7 heteroatoms. The molecule has 1 saturated carbocycles. The van der Waals surface area contributed by atoms with Gasteiger partial charge in [-0.1, -0.05) is 19.3 Å². The van der Waals surface area contributed by atoms with Crippen LogP contribution >= 0.6 is 0 Å². The molecule has 0 radical (unpaired) electrons. The van der Waals surface area contributed by atoms with E-state index in [1.54, 1.807) is 0 Å². The second-order valence-corrected chi connectivity index (χ2v) is 8.07. The van der Waals surface area contributed by atoms with Crippen molar-refractivity contribution in [2.75, 3.05) is 32.8 Å². The summed E-state index contributed by atoms with van der Waals surface area (Å²) in [5.41, 5.74) is -0.691. The molecule has 1 unspecified atom stereocenters. The molecule has 0 aromatic rings. The maximum absolute atomic E-state index is 12.7. The van der Waals surface area contributed by atoms with Crippen molar-refractivity contribution >= 4 is 11.8 Å². The lowest BCUT2D eigenvalue weighted by atomic mass is 9.82. The molecule has 1 heterocycles. The van der Waals surface area contributed by atoms with Gasteiger partial charge in [-0.05, 0) is 59.0 Å². The predicted octanol–water partition coefficient (Wildman–Crippen LogP) is 1.97. The summed E-state index contributed by atoms with van der Waals surface area (Å²) in [6, 6.07) is 2.07. The highest BCUT2D eigenvalue weighted by Crippen LogP contribution is 2.28. The van der Waals surface area contributed by atoms with Crippen molar-refractivity contribution in [2.24, 2.45) is 5.92 Å². The molecule has 28 heavy (non-hydrogen) atoms. The summed E-state index contributed by atoms with van der Waals surface area (Å²) in [5.74, 6) is 0.0589. The van der Waals surface area contributed by atoms with E-state index in [4.69, 9.17) is 4.74 Å². The Morgan fingerprint density at radius 2 is 1.93 bits per heavy atom. The summed E-state index contributed by atoms with van der Waals surface area (Å²) in [5, 5.41) is 15.6. The number of nitriles is 1. The van der Waals surface area contributed by atoms with E-state index in [2.05, 4.69) is 21.6 Å². The van der Waals surface area contributed by atoms with Gasteiger partial charge in [-0.3, -0.25) is 14.5 Å². The maximum Gasteiger partial charge on any atom is 0.238 e. The SMILES string of the molecule is CCOCCCNC(=O)C1CCN(C(C)C(=O)NC2(C#N)CCCCC2)CC1. The number of likely N-dealkylation sites (tertiary alicyclic amines) is 1. The third kappa shape index (κ3) is 6.46. The van der Waals surface area contributed by atoms with Crippen LogP contribution in [0.2, 0.25) is 0 Å². The van der Waals surface area contributed by atoms with Crippen molar-refractivity contribution in [1.29, 1.82) is 5.26 Å². The first-order valence-corrected chi connectivity index (χ1v) is 10.8. The minimum atomic E-state index is -0.691. The van der Waals surface area contributed by atoms with Gasteiger partial charge < -0.3 is 15.4 Å². The molecular formula is C21H36N4O3. The van der Waals surface area contributed by atoms with Crippen molar-refractivity contribution in [3.8, 4) is 6.07 Å². The van der Waals surface area contributed by atoms with Gasteiger partial charge in [0, 0.05) is 25.7 Å². The molecule has 2 N–H and O–H groups in total. The molecule has 158 valence electrons. The van der Waals surface area contributed by atoms with Crippen molar-refractivity contribution in [1.82, 2.24) is 15.5 Å². The molecule has 2 fully saturated rings. The van der Waals surface area contributed by atoms with Crippen molar-refractivity contribution < 1.29 is 14.3 Å². The number of amides is 2. The van der Waals surface area contributed by atoms with Gasteiger partial charge >= 0.3 is 0 Å². The highest BCUT2D eigenvalue weighted by atomic mass is 16.5. The quantitative estimate of drug-likeness (QED) is 0.585. The second kappa shape index (κ2) is 11.4. The van der Waals surface area contributed by atoms with Crippen LogP contribution < -0.4 is 10.6 Å². The van der Waals surface area contributed by atoms with E-state index >= 15 is 0 Å². The molecule has 1 aliphatic carbocycles. The normalized spacial score (nSPS) is 21.5. The van der Waals surface area contributed by atoms with Gasteiger partial charge in [0.2, 0.25) is 11.8 Å². The van der Waals surface area contributed by atoms with Gasteiger partial charge in [0.15, 0.2) is 0 Å². The number of hydrogen-bond acceptors (Lipinski definition) is 5. The molecule has 1 aliphatic heterocycles. The molecule has 0 spiro atoms. The average Bonchev–Trinajstić information content (AvgIpc) is 2.73. The average molecular weight is 393 g/mol. The maximum atomic E-state index is 12.7. The zero-order valence-corrected chi connectivity index (χ0v) is 17.5. The van der Waals surface area contributed by atoms with E-state index < -0.39 is 5.54 Å². The summed E-state index contributed by atoms with van der Waals surface area (Å²) in [6.07, 6.45) is 6.96. The molecule has 0 aromatic carbocycles. The first-order valence-electron chi connectivity index (χ1n) is 10.8. The molecule has 1 saturated heterocycles. The number of nitrogens with zero attached hydrogens (tertiary/aromatic N) is 2. The monoisotopic (exact) mass is 392 g/mol. The lowest BCUT2D eigenvalue weighted by Gasteiger charge is -2.37. The minimum absolute atomic E-state index is 0.0161. The minimum Gasteiger partial charge on any atom is -0.382 e. The zero-order chi connectivity index (χ0) is 20.4. The van der Waals surface area contributed by atoms with E-state index in [-0.39, 0.29) is 23.8 Å². The van der Waals surface area contributed by atoms with Crippen LogP contribution in [0.25, 0.3) is 0 Å². The second-order valence-electron chi connectivity index (χ2n) is 8.07. The molecule has 0 aromatic heterocycles. The van der Waals surface area contributed by atoms with Crippen LogP contribution in [-0.4, -0.2) is 61.1 Å². The fraction of sp³-hybridized carbons (Fsp3) is 0.857. The molecule has 1 atom stereocenters. The number of hydrogen-bond donors (Lipinski definition) is 2. The van der Waals surface area contributed by atoms with Crippen molar-refractivity contribution in [2.45, 2.75) is 76.8 Å². The number of piperidine rings is 1. The predicted molar refractivity (Wildman–Crippen MR) is 107 cm³/mol. The number of ether oxygens (including phenoxy) is 1. The van der Waals surface area contributed by atoms with Crippen LogP contribution in [0.3, 0.4) is 0 Å². The largest absolute Gasteiger partial charge is 0.382 e. The number of rotatable bonds is 9. The molecule has 2 rings (SSSR count). The van der Waals surface area contributed by atoms with E-state index in [0.29, 0.717) is 19.8 Å². The molecule has 2 aliphatic rings. The van der Waals surface area contributed by atoms with Gasteiger partial charge in [-0.25, -0.2) is 0 Å². The van der Waals surface area contributed by atoms with Crippen LogP contribution in [0.5, 0.6) is 0 Å². The Hall–Kier alpha value is -1.65. The van der Waals surface area contributed by atoms with E-state index in [1.165, 1.54) is 0 Å². The summed E-state index contributed by atoms with van der Waals surface area (Å²) in [4.78, 5) is 27.1. The molecule has 2 amide bonds. The number of nitrogens with one attached hydrogen (secondary N) is 2. The van der Waals surface area contributed by atoms with Gasteiger partial charge in [-0.15, -0.1) is 0 Å². The van der Waals surface area contributed by atoms with Gasteiger partial charge in [0.1, 0.15) is 5.54 Å². The first-order chi connectivity index (χ1) is 13.5. The highest BCUT2D eigenvalue weighted by molar-refractivity contribution is 5.82. The van der Waals surface area contributed by atoms with Crippen molar-refractivity contribution in [3.05, 3.63) is 0 Å². The number of carbonyl (C=O) groups is 2. The van der Waals surface area contributed by atoms with E-state index in [0.717, 1.165) is 64.5 Å². The lowest BCUT2D eigenvalue weighted by Crippen LogP contribution is -2.56. The Morgan fingerprint density at radius 3 is 2.54 bits per heavy atom. The van der Waals surface area contributed by atoms with Crippen molar-refractivity contribution in [3.63, 3.8) is 0 Å². The standard InChI is InChI=1S/C21H36N4O3/c1-3-28-15-7-12-23-20(27)18-8-13-25(14-9-18)17(2)19(26)24-21(16-22)10-5-4-6-11-21/h17-18H,3-15H2,1-2H3,(H,23,27)(H,24,26). The van der Waals surface area contributed by atoms with Gasteiger partial charge in [0.25, 0.3) is 0 Å². The zero-order valence-electron chi connectivity index (χ0n) is 17.5. The van der Waals surface area contributed by atoms with Gasteiger partial charge in [-0.2, -0.15) is 5.26 Å². The summed E-state index contributed by atoms with van der Waals surface area (Å²) in [6.45, 7) is 7.34. The summed E-state index contributed by atoms with van der Waals surface area (Å²) >= 11 is 0. The Labute approximate surface area is 169 Å². The van der Waals surface area contributed by atoms with Crippen LogP contribution in [0, 0.1) is 17.2 Å². The van der Waals surface area contributed by atoms with Crippen LogP contribution in [0.1, 0.15) is 65.2 Å². The number of carbonyl (C=O) groups excluding carboxylic acids is 2. The smallest absolute Gasteiger partial charge is 0.238 e. The Bertz CT molecular complexity index is 546. The fourth-order valence-corrected chi connectivity index (χ4v) is 4.15. The summed E-state index contributed by atoms with van der Waals surface area (Å²) in [7, 11) is 0. The molecule has 7 nitrogen and oxygen atoms in total. The third-order valence-electron chi connectivity index (χ3n) is 6.08. The highest BCUT2D eigenvalue weighted by Gasteiger charge is 2.36. The van der Waals surface area contributed by atoms with Crippen LogP contribution in [0.4, 0.5) is 0 Å². The topological polar surface area (TPSA) is 94.5 Å². The van der Waals surface area contributed by atoms with Crippen LogP contribution in [0.15, 0.2) is 0 Å². The first kappa shape index (κ1) is 22.6. The van der Waals surface area contributed by atoms with E-state index in [9.17, 15) is 14.9 Å². The molecular weight excluding hydrogens is 356 g/mol. The Balaban J connectivity index is 1.73.